The molecule has 53 heavy (non-hydrogen) atoms. The van der Waals surface area contributed by atoms with E-state index in [-0.39, 0.29) is 33.0 Å². The van der Waals surface area contributed by atoms with E-state index in [1.54, 1.807) is 66.7 Å². The summed E-state index contributed by atoms with van der Waals surface area (Å²) in [6.45, 7) is 4.08. The highest BCUT2D eigenvalue weighted by atomic mass is 19.2. The number of halogens is 5. The lowest BCUT2D eigenvalue weighted by atomic mass is 9.94. The van der Waals surface area contributed by atoms with Gasteiger partial charge in [-0.15, -0.1) is 0 Å². The first-order chi connectivity index (χ1) is 25.7. The lowest BCUT2D eigenvalue weighted by molar-refractivity contribution is 0.632. The van der Waals surface area contributed by atoms with Crippen LogP contribution in [0.1, 0.15) is 59.6 Å². The zero-order chi connectivity index (χ0) is 37.1. The first kappa shape index (κ1) is 35.6. The summed E-state index contributed by atoms with van der Waals surface area (Å²) in [6, 6.07) is 38.5. The molecule has 0 amide bonds. The molecule has 0 bridgehead atoms. The molecule has 0 fully saturated rings. The van der Waals surface area contributed by atoms with E-state index in [1.165, 1.54) is 48.7 Å². The van der Waals surface area contributed by atoms with E-state index < -0.39 is 29.1 Å². The molecule has 5 heteroatoms. The van der Waals surface area contributed by atoms with Gasteiger partial charge in [0.15, 0.2) is 23.3 Å². The van der Waals surface area contributed by atoms with Gasteiger partial charge < -0.3 is 0 Å². The van der Waals surface area contributed by atoms with E-state index in [4.69, 9.17) is 0 Å². The molecule has 0 unspecified atom stereocenters. The first-order valence-corrected chi connectivity index (χ1v) is 17.9. The van der Waals surface area contributed by atoms with Crippen LogP contribution in [0, 0.1) is 12.7 Å². The summed E-state index contributed by atoms with van der Waals surface area (Å²) in [5.74, 6) is -4.85. The SMILES string of the molecule is CCCCCc1ccc(-c2ccc(-c3ccc(C(F)=C(F)c4ccc(C(F)=C(F)c5ccc(C)c6ccccc56)c5ccccc45)cc3)c(F)c2)cc1. The van der Waals surface area contributed by atoms with Crippen LogP contribution in [-0.2, 0) is 6.42 Å². The van der Waals surface area contributed by atoms with E-state index >= 15 is 22.0 Å². The molecule has 0 nitrogen and oxygen atoms in total. The van der Waals surface area contributed by atoms with Crippen molar-refractivity contribution in [2.75, 3.05) is 0 Å². The van der Waals surface area contributed by atoms with E-state index in [2.05, 4.69) is 19.1 Å². The molecule has 0 radical (unpaired) electrons. The maximum Gasteiger partial charge on any atom is 0.167 e. The minimum absolute atomic E-state index is 0.0427. The Kier molecular flexibility index (Phi) is 10.4. The largest absolute Gasteiger partial charge is 0.206 e. The fourth-order valence-corrected chi connectivity index (χ4v) is 6.97. The Bertz CT molecular complexity index is 2510. The van der Waals surface area contributed by atoms with Crippen molar-refractivity contribution in [2.24, 2.45) is 0 Å². The van der Waals surface area contributed by atoms with Crippen molar-refractivity contribution in [2.45, 2.75) is 39.5 Å². The topological polar surface area (TPSA) is 0 Å². The first-order valence-electron chi connectivity index (χ1n) is 17.9. The number of hydrogen-bond donors (Lipinski definition) is 0. The Hall–Kier alpha value is -5.81. The van der Waals surface area contributed by atoms with Crippen LogP contribution in [0.25, 0.3) is 67.1 Å². The second kappa shape index (κ2) is 15.4. The highest BCUT2D eigenvalue weighted by molar-refractivity contribution is 6.06. The summed E-state index contributed by atoms with van der Waals surface area (Å²) in [5, 5.41) is 1.83. The van der Waals surface area contributed by atoms with Crippen molar-refractivity contribution in [3.63, 3.8) is 0 Å². The van der Waals surface area contributed by atoms with Crippen molar-refractivity contribution >= 4 is 44.9 Å². The Labute approximate surface area is 306 Å². The number of rotatable bonds is 10. The molecule has 0 atom stereocenters. The van der Waals surface area contributed by atoms with Crippen LogP contribution in [0.5, 0.6) is 0 Å². The second-order valence-electron chi connectivity index (χ2n) is 13.4. The van der Waals surface area contributed by atoms with E-state index in [0.29, 0.717) is 16.5 Å². The van der Waals surface area contributed by atoms with Crippen LogP contribution in [0.3, 0.4) is 0 Å². The molecule has 0 aliphatic carbocycles. The standard InChI is InChI=1S/C48H37F5/c1-3-4-5-10-31-16-18-32(19-17-31)35-24-26-37(44(49)29-35)33-20-22-34(23-21-33)45(50)46(51)42-27-28-43(40-14-9-8-13-39(40)42)48(53)47(52)41-25-15-30(2)36-11-6-7-12-38(36)41/h6-9,11-29H,3-5,10H2,1-2H3. The minimum Gasteiger partial charge on any atom is -0.206 e. The normalized spacial score (nSPS) is 12.6. The van der Waals surface area contributed by atoms with Crippen molar-refractivity contribution in [3.8, 4) is 22.3 Å². The summed E-state index contributed by atoms with van der Waals surface area (Å²) >= 11 is 0. The minimum atomic E-state index is -1.15. The quantitative estimate of drug-likeness (QED) is 0.0754. The second-order valence-corrected chi connectivity index (χ2v) is 13.4. The predicted octanol–water partition coefficient (Wildman–Crippen LogP) is 15.0. The fourth-order valence-electron chi connectivity index (χ4n) is 6.97. The molecule has 0 aliphatic rings. The zero-order valence-electron chi connectivity index (χ0n) is 29.5. The fraction of sp³-hybridized carbons (Fsp3) is 0.125. The van der Waals surface area contributed by atoms with Gasteiger partial charge in [0.05, 0.1) is 0 Å². The Morgan fingerprint density at radius 3 is 1.53 bits per heavy atom. The lowest BCUT2D eigenvalue weighted by Crippen LogP contribution is -1.93. The van der Waals surface area contributed by atoms with Crippen LogP contribution in [0.15, 0.2) is 140 Å². The summed E-state index contributed by atoms with van der Waals surface area (Å²) in [4.78, 5) is 0. The molecular weight excluding hydrogens is 672 g/mol. The summed E-state index contributed by atoms with van der Waals surface area (Å²) < 4.78 is 79.0. The molecule has 0 aliphatic heterocycles. The van der Waals surface area contributed by atoms with Crippen molar-refractivity contribution in [3.05, 3.63) is 179 Å². The smallest absolute Gasteiger partial charge is 0.167 e. The molecule has 0 N–H and O–H groups in total. The number of fused-ring (bicyclic) bond motifs is 2. The Morgan fingerprint density at radius 2 is 0.962 bits per heavy atom. The molecule has 7 rings (SSSR count). The van der Waals surface area contributed by atoms with Crippen LogP contribution in [0.2, 0.25) is 0 Å². The van der Waals surface area contributed by atoms with Crippen molar-refractivity contribution in [1.82, 2.24) is 0 Å². The van der Waals surface area contributed by atoms with Gasteiger partial charge in [-0.1, -0.05) is 153 Å². The molecule has 7 aromatic carbocycles. The average Bonchev–Trinajstić information content (AvgIpc) is 3.20. The van der Waals surface area contributed by atoms with Gasteiger partial charge in [-0.05, 0) is 75.2 Å². The van der Waals surface area contributed by atoms with Crippen molar-refractivity contribution in [1.29, 1.82) is 0 Å². The monoisotopic (exact) mass is 708 g/mol. The van der Waals surface area contributed by atoms with Crippen LogP contribution < -0.4 is 0 Å². The van der Waals surface area contributed by atoms with Crippen LogP contribution in [0.4, 0.5) is 22.0 Å². The molecule has 0 spiro atoms. The van der Waals surface area contributed by atoms with Crippen LogP contribution >= 0.6 is 0 Å². The maximum atomic E-state index is 16.0. The summed E-state index contributed by atoms with van der Waals surface area (Å²) in [6.07, 6.45) is 4.52. The van der Waals surface area contributed by atoms with Crippen molar-refractivity contribution < 1.29 is 22.0 Å². The molecule has 0 heterocycles. The predicted molar refractivity (Wildman–Crippen MR) is 211 cm³/mol. The number of aryl methyl sites for hydroxylation is 2. The lowest BCUT2D eigenvalue weighted by Gasteiger charge is -2.12. The highest BCUT2D eigenvalue weighted by Crippen LogP contribution is 2.40. The molecular formula is C48H37F5. The van der Waals surface area contributed by atoms with Gasteiger partial charge in [0.2, 0.25) is 0 Å². The third-order valence-electron chi connectivity index (χ3n) is 9.94. The Morgan fingerprint density at radius 1 is 0.472 bits per heavy atom. The van der Waals surface area contributed by atoms with E-state index in [9.17, 15) is 0 Å². The number of unbranched alkanes of at least 4 members (excludes halogenated alkanes) is 2. The Balaban J connectivity index is 1.16. The van der Waals surface area contributed by atoms with E-state index in [0.717, 1.165) is 34.9 Å². The molecule has 264 valence electrons. The third-order valence-corrected chi connectivity index (χ3v) is 9.94. The number of benzene rings is 7. The molecule has 7 aromatic rings. The molecule has 0 saturated heterocycles. The summed E-state index contributed by atoms with van der Waals surface area (Å²) in [5.41, 5.74) is 4.59. The summed E-state index contributed by atoms with van der Waals surface area (Å²) in [7, 11) is 0. The zero-order valence-corrected chi connectivity index (χ0v) is 29.5. The average molecular weight is 709 g/mol. The third kappa shape index (κ3) is 7.17. The van der Waals surface area contributed by atoms with Gasteiger partial charge in [-0.25, -0.2) is 22.0 Å². The highest BCUT2D eigenvalue weighted by Gasteiger charge is 2.21. The van der Waals surface area contributed by atoms with Gasteiger partial charge in [-0.2, -0.15) is 0 Å². The van der Waals surface area contributed by atoms with Gasteiger partial charge >= 0.3 is 0 Å². The number of hydrogen-bond acceptors (Lipinski definition) is 0. The molecule has 0 saturated carbocycles. The molecule has 0 aromatic heterocycles. The maximum absolute atomic E-state index is 16.0. The van der Waals surface area contributed by atoms with Gasteiger partial charge in [-0.3, -0.25) is 0 Å². The van der Waals surface area contributed by atoms with Gasteiger partial charge in [0.1, 0.15) is 5.82 Å². The van der Waals surface area contributed by atoms with Gasteiger partial charge in [0, 0.05) is 27.8 Å². The van der Waals surface area contributed by atoms with E-state index in [1.807, 2.05) is 37.3 Å². The van der Waals surface area contributed by atoms with Crippen LogP contribution in [-0.4, -0.2) is 0 Å². The van der Waals surface area contributed by atoms with Gasteiger partial charge in [0.25, 0.3) is 0 Å².